The van der Waals surface area contributed by atoms with Crippen molar-refractivity contribution >= 4 is 35.0 Å². The van der Waals surface area contributed by atoms with Gasteiger partial charge in [0.15, 0.2) is 0 Å². The second-order valence-electron chi connectivity index (χ2n) is 8.84. The first kappa shape index (κ1) is 26.8. The number of likely N-dealkylation sites (tertiary alicyclic amines) is 1. The van der Waals surface area contributed by atoms with Gasteiger partial charge in [-0.05, 0) is 47.9 Å². The number of alkyl halides is 3. The van der Waals surface area contributed by atoms with Gasteiger partial charge in [0.1, 0.15) is 11.7 Å². The standard InChI is InChI=1S/C27H26F3N5O3/c28-27(29,30)23-11-10-19(15-32-23)33-26(38)25(35-14-13-20(36)16-35)18-8-5-17(6-9-18)7-12-24(37)34-22-4-2-1-3-21(22)31/h1-12,15,20,25,36H,13-14,16,31H2,(H,33,38)(H,34,37). The van der Waals surface area contributed by atoms with Gasteiger partial charge in [-0.3, -0.25) is 14.5 Å². The Morgan fingerprint density at radius 2 is 1.82 bits per heavy atom. The Balaban J connectivity index is 1.47. The van der Waals surface area contributed by atoms with Gasteiger partial charge in [0, 0.05) is 19.2 Å². The van der Waals surface area contributed by atoms with Gasteiger partial charge in [-0.25, -0.2) is 4.98 Å². The second-order valence-corrected chi connectivity index (χ2v) is 8.84. The summed E-state index contributed by atoms with van der Waals surface area (Å²) in [5, 5.41) is 15.3. The molecule has 1 aliphatic rings. The van der Waals surface area contributed by atoms with Crippen LogP contribution in [0.3, 0.4) is 0 Å². The molecule has 38 heavy (non-hydrogen) atoms. The second kappa shape index (κ2) is 11.4. The van der Waals surface area contributed by atoms with E-state index in [1.807, 2.05) is 0 Å². The van der Waals surface area contributed by atoms with Gasteiger partial charge in [-0.2, -0.15) is 13.2 Å². The summed E-state index contributed by atoms with van der Waals surface area (Å²) in [7, 11) is 0. The number of carbonyl (C=O) groups is 2. The van der Waals surface area contributed by atoms with Crippen LogP contribution in [0.5, 0.6) is 0 Å². The van der Waals surface area contributed by atoms with E-state index < -0.39 is 29.9 Å². The van der Waals surface area contributed by atoms with Crippen molar-refractivity contribution in [2.45, 2.75) is 24.7 Å². The van der Waals surface area contributed by atoms with Crippen LogP contribution in [0.2, 0.25) is 0 Å². The van der Waals surface area contributed by atoms with E-state index in [1.54, 1.807) is 59.5 Å². The summed E-state index contributed by atoms with van der Waals surface area (Å²) in [6.45, 7) is 0.739. The molecule has 4 rings (SSSR count). The Morgan fingerprint density at radius 3 is 2.42 bits per heavy atom. The number of β-amino-alcohol motifs (C(OH)–C–C–N with tert-alkyl or cyclic N) is 1. The summed E-state index contributed by atoms with van der Waals surface area (Å²) < 4.78 is 38.4. The van der Waals surface area contributed by atoms with E-state index in [4.69, 9.17) is 5.73 Å². The van der Waals surface area contributed by atoms with Crippen molar-refractivity contribution in [2.75, 3.05) is 29.5 Å². The van der Waals surface area contributed by atoms with Gasteiger partial charge >= 0.3 is 6.18 Å². The third-order valence-electron chi connectivity index (χ3n) is 6.03. The van der Waals surface area contributed by atoms with Crippen molar-refractivity contribution < 1.29 is 27.9 Å². The van der Waals surface area contributed by atoms with Gasteiger partial charge in [0.05, 0.1) is 29.4 Å². The molecule has 0 bridgehead atoms. The van der Waals surface area contributed by atoms with Crippen LogP contribution in [0.1, 0.15) is 29.3 Å². The minimum atomic E-state index is -4.58. The number of aromatic nitrogens is 1. The number of amides is 2. The Labute approximate surface area is 217 Å². The smallest absolute Gasteiger partial charge is 0.397 e. The lowest BCUT2D eigenvalue weighted by Gasteiger charge is -2.27. The maximum absolute atomic E-state index is 13.2. The lowest BCUT2D eigenvalue weighted by Crippen LogP contribution is -2.36. The van der Waals surface area contributed by atoms with Crippen LogP contribution in [0.4, 0.5) is 30.2 Å². The number of nitrogens with two attached hydrogens (primary N) is 1. The minimum absolute atomic E-state index is 0.123. The van der Waals surface area contributed by atoms with Crippen LogP contribution in [-0.4, -0.2) is 46.0 Å². The molecule has 0 spiro atoms. The molecule has 198 valence electrons. The zero-order chi connectivity index (χ0) is 27.3. The molecule has 2 amide bonds. The predicted molar refractivity (Wildman–Crippen MR) is 138 cm³/mol. The Bertz CT molecular complexity index is 1310. The fourth-order valence-corrected chi connectivity index (χ4v) is 4.12. The molecule has 0 aliphatic carbocycles. The summed E-state index contributed by atoms with van der Waals surface area (Å²) in [4.78, 5) is 30.7. The number of hydrogen-bond acceptors (Lipinski definition) is 6. The van der Waals surface area contributed by atoms with Crippen molar-refractivity contribution in [2.24, 2.45) is 0 Å². The molecule has 5 N–H and O–H groups in total. The maximum atomic E-state index is 13.2. The van der Waals surface area contributed by atoms with Crippen LogP contribution < -0.4 is 16.4 Å². The van der Waals surface area contributed by atoms with Crippen molar-refractivity contribution in [3.05, 3.63) is 89.8 Å². The van der Waals surface area contributed by atoms with Gasteiger partial charge < -0.3 is 21.5 Å². The maximum Gasteiger partial charge on any atom is 0.433 e. The highest BCUT2D eigenvalue weighted by Crippen LogP contribution is 2.30. The van der Waals surface area contributed by atoms with E-state index >= 15 is 0 Å². The minimum Gasteiger partial charge on any atom is -0.397 e. The summed E-state index contributed by atoms with van der Waals surface area (Å²) in [6, 6.07) is 15.0. The third-order valence-corrected chi connectivity index (χ3v) is 6.03. The van der Waals surface area contributed by atoms with E-state index in [1.165, 1.54) is 6.08 Å². The molecule has 1 aliphatic heterocycles. The molecular weight excluding hydrogens is 499 g/mol. The van der Waals surface area contributed by atoms with Crippen LogP contribution in [-0.2, 0) is 15.8 Å². The van der Waals surface area contributed by atoms with E-state index in [0.29, 0.717) is 35.5 Å². The van der Waals surface area contributed by atoms with Crippen molar-refractivity contribution in [3.8, 4) is 0 Å². The Hall–Kier alpha value is -4.22. The number of benzene rings is 2. The zero-order valence-corrected chi connectivity index (χ0v) is 20.2. The SMILES string of the molecule is Nc1ccccc1NC(=O)C=Cc1ccc(C(C(=O)Nc2ccc(C(F)(F)F)nc2)N2CCC(O)C2)cc1. The van der Waals surface area contributed by atoms with Crippen LogP contribution in [0.15, 0.2) is 72.9 Å². The average molecular weight is 526 g/mol. The lowest BCUT2D eigenvalue weighted by atomic mass is 10.0. The first-order valence-electron chi connectivity index (χ1n) is 11.8. The topological polar surface area (TPSA) is 121 Å². The average Bonchev–Trinajstić information content (AvgIpc) is 3.30. The monoisotopic (exact) mass is 525 g/mol. The molecule has 2 aromatic carbocycles. The third kappa shape index (κ3) is 6.75. The van der Waals surface area contributed by atoms with Gasteiger partial charge in [0.25, 0.3) is 0 Å². The van der Waals surface area contributed by atoms with Crippen LogP contribution in [0.25, 0.3) is 6.08 Å². The zero-order valence-electron chi connectivity index (χ0n) is 20.2. The van der Waals surface area contributed by atoms with Crippen molar-refractivity contribution in [3.63, 3.8) is 0 Å². The van der Waals surface area contributed by atoms with Crippen LogP contribution in [0, 0.1) is 0 Å². The first-order chi connectivity index (χ1) is 18.1. The number of halogens is 3. The Kier molecular flexibility index (Phi) is 8.08. The van der Waals surface area contributed by atoms with Crippen LogP contribution >= 0.6 is 0 Å². The Morgan fingerprint density at radius 1 is 1.08 bits per heavy atom. The molecule has 0 saturated carbocycles. The normalized spacial score (nSPS) is 16.9. The van der Waals surface area contributed by atoms with Crippen molar-refractivity contribution in [1.29, 1.82) is 0 Å². The summed E-state index contributed by atoms with van der Waals surface area (Å²) in [6.07, 6.45) is -0.743. The highest BCUT2D eigenvalue weighted by Gasteiger charge is 2.34. The number of nitrogen functional groups attached to an aromatic ring is 1. The largest absolute Gasteiger partial charge is 0.433 e. The molecule has 1 saturated heterocycles. The molecule has 1 aromatic heterocycles. The number of carbonyl (C=O) groups excluding carboxylic acids is 2. The number of para-hydroxylation sites is 2. The molecule has 2 atom stereocenters. The summed E-state index contributed by atoms with van der Waals surface area (Å²) in [5.41, 5.74) is 7.18. The number of nitrogens with zero attached hydrogens (tertiary/aromatic N) is 2. The highest BCUT2D eigenvalue weighted by atomic mass is 19.4. The highest BCUT2D eigenvalue weighted by molar-refractivity contribution is 6.03. The number of anilines is 3. The molecule has 2 heterocycles. The van der Waals surface area contributed by atoms with E-state index in [-0.39, 0.29) is 18.1 Å². The quantitative estimate of drug-likeness (QED) is 0.273. The lowest BCUT2D eigenvalue weighted by molar-refractivity contribution is -0.141. The number of pyridine rings is 1. The number of nitrogens with one attached hydrogen (secondary N) is 2. The number of aliphatic hydroxyl groups is 1. The van der Waals surface area contributed by atoms with Gasteiger partial charge in [-0.15, -0.1) is 0 Å². The van der Waals surface area contributed by atoms with Gasteiger partial charge in [-0.1, -0.05) is 36.4 Å². The molecule has 2 unspecified atom stereocenters. The summed E-state index contributed by atoms with van der Waals surface area (Å²) >= 11 is 0. The number of aliphatic hydroxyl groups excluding tert-OH is 1. The molecule has 11 heteroatoms. The molecule has 8 nitrogen and oxygen atoms in total. The molecular formula is C27H26F3N5O3. The summed E-state index contributed by atoms with van der Waals surface area (Å²) in [5.74, 6) is -0.829. The van der Waals surface area contributed by atoms with E-state index in [0.717, 1.165) is 18.3 Å². The fourth-order valence-electron chi connectivity index (χ4n) is 4.12. The van der Waals surface area contributed by atoms with Gasteiger partial charge in [0.2, 0.25) is 11.8 Å². The molecule has 0 radical (unpaired) electrons. The predicted octanol–water partition coefficient (Wildman–Crippen LogP) is 4.08. The van der Waals surface area contributed by atoms with Crippen molar-refractivity contribution in [1.82, 2.24) is 9.88 Å². The molecule has 1 fully saturated rings. The fraction of sp³-hybridized carbons (Fsp3) is 0.222. The first-order valence-corrected chi connectivity index (χ1v) is 11.8. The number of rotatable bonds is 7. The van der Waals surface area contributed by atoms with E-state index in [2.05, 4.69) is 15.6 Å². The number of hydrogen-bond donors (Lipinski definition) is 4. The van der Waals surface area contributed by atoms with E-state index in [9.17, 15) is 27.9 Å². The molecule has 3 aromatic rings.